The molecule has 2 aromatic rings. The topological polar surface area (TPSA) is 68.8 Å². The Morgan fingerprint density at radius 3 is 2.27 bits per heavy atom. The van der Waals surface area contributed by atoms with Gasteiger partial charge in [0.2, 0.25) is 5.91 Å². The number of halogens is 3. The molecule has 0 spiro atoms. The molecule has 26 heavy (non-hydrogen) atoms. The van der Waals surface area contributed by atoms with Crippen molar-refractivity contribution >= 4 is 52.1 Å². The number of rotatable bonds is 5. The van der Waals surface area contributed by atoms with Crippen molar-refractivity contribution < 1.29 is 19.0 Å². The molecule has 0 saturated heterocycles. The first kappa shape index (κ1) is 18.8. The molecule has 3 rings (SSSR count). The van der Waals surface area contributed by atoms with Gasteiger partial charge in [-0.3, -0.25) is 4.79 Å². The number of fused-ring (bicyclic) bond motifs is 1. The third-order valence-electron chi connectivity index (χ3n) is 3.56. The van der Waals surface area contributed by atoms with Gasteiger partial charge in [-0.2, -0.15) is 0 Å². The summed E-state index contributed by atoms with van der Waals surface area (Å²) in [5.74, 6) is 1.18. The minimum atomic E-state index is -0.299. The van der Waals surface area contributed by atoms with Crippen molar-refractivity contribution in [2.45, 2.75) is 0 Å². The van der Waals surface area contributed by atoms with Crippen molar-refractivity contribution in [2.24, 2.45) is 0 Å². The number of hydrogen-bond donors (Lipinski definition) is 2. The van der Waals surface area contributed by atoms with Crippen LogP contribution < -0.4 is 24.8 Å². The summed E-state index contributed by atoms with van der Waals surface area (Å²) in [5.41, 5.74) is 1.03. The lowest BCUT2D eigenvalue weighted by molar-refractivity contribution is -0.114. The van der Waals surface area contributed by atoms with Gasteiger partial charge in [-0.1, -0.05) is 34.8 Å². The van der Waals surface area contributed by atoms with E-state index in [0.717, 1.165) is 0 Å². The first-order valence-electron chi connectivity index (χ1n) is 7.64. The van der Waals surface area contributed by atoms with Crippen LogP contribution in [-0.4, -0.2) is 32.8 Å². The average Bonchev–Trinajstić information content (AvgIpc) is 2.60. The van der Waals surface area contributed by atoms with Crippen LogP contribution in [0, 0.1) is 0 Å². The molecule has 0 saturated carbocycles. The molecule has 1 aliphatic rings. The highest BCUT2D eigenvalue weighted by Crippen LogP contribution is 2.38. The van der Waals surface area contributed by atoms with E-state index in [9.17, 15) is 4.79 Å². The Labute approximate surface area is 165 Å². The quantitative estimate of drug-likeness (QED) is 0.751. The zero-order valence-electron chi connectivity index (χ0n) is 13.7. The maximum Gasteiger partial charge on any atom is 0.243 e. The van der Waals surface area contributed by atoms with E-state index in [4.69, 9.17) is 49.0 Å². The summed E-state index contributed by atoms with van der Waals surface area (Å²) in [6.45, 7) is 0.901. The summed E-state index contributed by atoms with van der Waals surface area (Å²) in [6, 6.07) is 6.49. The molecule has 138 valence electrons. The molecule has 0 aromatic heterocycles. The minimum Gasteiger partial charge on any atom is -0.494 e. The molecule has 0 aliphatic carbocycles. The average molecular weight is 418 g/mol. The Bertz CT molecular complexity index is 822. The van der Waals surface area contributed by atoms with Crippen molar-refractivity contribution in [3.05, 3.63) is 39.3 Å². The van der Waals surface area contributed by atoms with Gasteiger partial charge in [0.25, 0.3) is 0 Å². The second kappa shape index (κ2) is 8.12. The molecule has 0 unspecified atom stereocenters. The molecule has 9 heteroatoms. The first-order valence-corrected chi connectivity index (χ1v) is 8.77. The predicted octanol–water partition coefficient (Wildman–Crippen LogP) is 4.48. The fourth-order valence-electron chi connectivity index (χ4n) is 2.39. The van der Waals surface area contributed by atoms with E-state index in [0.29, 0.717) is 56.9 Å². The molecule has 0 fully saturated rings. The third kappa shape index (κ3) is 4.20. The molecule has 0 bridgehead atoms. The lowest BCUT2D eigenvalue weighted by Crippen LogP contribution is -2.22. The Morgan fingerprint density at radius 1 is 1.04 bits per heavy atom. The van der Waals surface area contributed by atoms with Gasteiger partial charge in [0.15, 0.2) is 17.2 Å². The Morgan fingerprint density at radius 2 is 1.65 bits per heavy atom. The molecule has 2 aromatic carbocycles. The van der Waals surface area contributed by atoms with E-state index in [-0.39, 0.29) is 12.5 Å². The highest BCUT2D eigenvalue weighted by atomic mass is 35.5. The highest BCUT2D eigenvalue weighted by Gasteiger charge is 2.16. The summed E-state index contributed by atoms with van der Waals surface area (Å²) in [6.07, 6.45) is 0. The first-order chi connectivity index (χ1) is 12.5. The van der Waals surface area contributed by atoms with Gasteiger partial charge in [-0.15, -0.1) is 0 Å². The number of carbonyl (C=O) groups is 1. The number of benzene rings is 2. The SMILES string of the molecule is COc1c(Cl)cc(NCC(=O)Nc2cc3c(cc2Cl)OCCO3)cc1Cl. The monoisotopic (exact) mass is 416 g/mol. The normalized spacial score (nSPS) is 12.5. The number of anilines is 2. The number of ether oxygens (including phenoxy) is 3. The molecule has 0 radical (unpaired) electrons. The van der Waals surface area contributed by atoms with Gasteiger partial charge in [0.05, 0.1) is 34.4 Å². The lowest BCUT2D eigenvalue weighted by Gasteiger charge is -2.20. The molecule has 1 amide bonds. The molecular weight excluding hydrogens is 403 g/mol. The van der Waals surface area contributed by atoms with E-state index in [1.54, 1.807) is 24.3 Å². The van der Waals surface area contributed by atoms with Crippen LogP contribution in [-0.2, 0) is 4.79 Å². The summed E-state index contributed by atoms with van der Waals surface area (Å²) < 4.78 is 16.0. The van der Waals surface area contributed by atoms with Crippen molar-refractivity contribution in [1.29, 1.82) is 0 Å². The zero-order valence-corrected chi connectivity index (χ0v) is 16.0. The fraction of sp³-hybridized carbons (Fsp3) is 0.235. The summed E-state index contributed by atoms with van der Waals surface area (Å²) in [7, 11) is 1.48. The van der Waals surface area contributed by atoms with Crippen LogP contribution in [0.4, 0.5) is 11.4 Å². The summed E-state index contributed by atoms with van der Waals surface area (Å²) >= 11 is 18.3. The van der Waals surface area contributed by atoms with Crippen LogP contribution in [0.25, 0.3) is 0 Å². The van der Waals surface area contributed by atoms with E-state index in [2.05, 4.69) is 10.6 Å². The van der Waals surface area contributed by atoms with Gasteiger partial charge in [0, 0.05) is 17.8 Å². The minimum absolute atomic E-state index is 0.0102. The predicted molar refractivity (Wildman–Crippen MR) is 103 cm³/mol. The smallest absolute Gasteiger partial charge is 0.243 e. The van der Waals surface area contributed by atoms with Crippen molar-refractivity contribution in [2.75, 3.05) is 37.5 Å². The Balaban J connectivity index is 1.65. The maximum absolute atomic E-state index is 12.2. The van der Waals surface area contributed by atoms with Crippen LogP contribution in [0.5, 0.6) is 17.2 Å². The Hall–Kier alpha value is -2.02. The van der Waals surface area contributed by atoms with Gasteiger partial charge < -0.3 is 24.8 Å². The van der Waals surface area contributed by atoms with Gasteiger partial charge in [-0.05, 0) is 12.1 Å². The lowest BCUT2D eigenvalue weighted by atomic mass is 10.2. The molecule has 1 aliphatic heterocycles. The number of methoxy groups -OCH3 is 1. The van der Waals surface area contributed by atoms with Gasteiger partial charge in [-0.25, -0.2) is 0 Å². The van der Waals surface area contributed by atoms with Crippen molar-refractivity contribution in [1.82, 2.24) is 0 Å². The fourth-order valence-corrected chi connectivity index (χ4v) is 3.24. The van der Waals surface area contributed by atoms with E-state index in [1.165, 1.54) is 7.11 Å². The second-order valence-corrected chi connectivity index (χ2v) is 6.57. The van der Waals surface area contributed by atoms with Crippen LogP contribution in [0.15, 0.2) is 24.3 Å². The number of nitrogens with one attached hydrogen (secondary N) is 2. The maximum atomic E-state index is 12.2. The molecule has 6 nitrogen and oxygen atoms in total. The number of carbonyl (C=O) groups excluding carboxylic acids is 1. The summed E-state index contributed by atoms with van der Waals surface area (Å²) in [4.78, 5) is 12.2. The number of hydrogen-bond acceptors (Lipinski definition) is 5. The summed E-state index contributed by atoms with van der Waals surface area (Å²) in [5, 5.41) is 6.72. The number of amides is 1. The van der Waals surface area contributed by atoms with E-state index >= 15 is 0 Å². The largest absolute Gasteiger partial charge is 0.494 e. The molecule has 2 N–H and O–H groups in total. The standard InChI is InChI=1S/C17H15Cl3N2O4/c1-24-17-11(19)4-9(5-12(17)20)21-8-16(23)22-13-7-15-14(6-10(13)18)25-2-3-26-15/h4-7,21H,2-3,8H2,1H3,(H,22,23). The van der Waals surface area contributed by atoms with Crippen LogP contribution in [0.2, 0.25) is 15.1 Å². The van der Waals surface area contributed by atoms with Gasteiger partial charge >= 0.3 is 0 Å². The second-order valence-electron chi connectivity index (χ2n) is 5.35. The van der Waals surface area contributed by atoms with Crippen LogP contribution >= 0.6 is 34.8 Å². The highest BCUT2D eigenvalue weighted by molar-refractivity contribution is 6.37. The van der Waals surface area contributed by atoms with Crippen LogP contribution in [0.1, 0.15) is 0 Å². The zero-order chi connectivity index (χ0) is 18.7. The van der Waals surface area contributed by atoms with Crippen LogP contribution in [0.3, 0.4) is 0 Å². The van der Waals surface area contributed by atoms with Crippen molar-refractivity contribution in [3.8, 4) is 17.2 Å². The molecular formula is C17H15Cl3N2O4. The molecule has 0 atom stereocenters. The van der Waals surface area contributed by atoms with Crippen molar-refractivity contribution in [3.63, 3.8) is 0 Å². The Kier molecular flexibility index (Phi) is 5.86. The van der Waals surface area contributed by atoms with E-state index in [1.807, 2.05) is 0 Å². The third-order valence-corrected chi connectivity index (χ3v) is 4.44. The molecule has 1 heterocycles. The van der Waals surface area contributed by atoms with E-state index < -0.39 is 0 Å². The van der Waals surface area contributed by atoms with Gasteiger partial charge in [0.1, 0.15) is 13.2 Å².